The molecule has 0 spiro atoms. The lowest BCUT2D eigenvalue weighted by Gasteiger charge is -2.33. The van der Waals surface area contributed by atoms with E-state index in [1.165, 1.54) is 0 Å². The number of nitrogens with zero attached hydrogens (tertiary/aromatic N) is 3. The van der Waals surface area contributed by atoms with Crippen LogP contribution in [0.5, 0.6) is 0 Å². The van der Waals surface area contributed by atoms with Crippen LogP contribution in [0.1, 0.15) is 66.0 Å². The maximum Gasteiger partial charge on any atom is 0.420 e. The maximum atomic E-state index is 14.4. The Morgan fingerprint density at radius 2 is 1.98 bits per heavy atom. The number of hydrogen-bond acceptors (Lipinski definition) is 7. The van der Waals surface area contributed by atoms with Gasteiger partial charge in [0.1, 0.15) is 16.9 Å². The predicted molar refractivity (Wildman–Crippen MR) is 133 cm³/mol. The van der Waals surface area contributed by atoms with Gasteiger partial charge in [-0.25, -0.2) is 0 Å². The molecule has 2 amide bonds. The molecule has 0 bridgehead atoms. The molecule has 40 heavy (non-hydrogen) atoms. The summed E-state index contributed by atoms with van der Waals surface area (Å²) in [4.78, 5) is 27.0. The monoisotopic (exact) mass is 566 g/mol. The van der Waals surface area contributed by atoms with Crippen molar-refractivity contribution in [3.63, 3.8) is 0 Å². The van der Waals surface area contributed by atoms with E-state index in [0.717, 1.165) is 0 Å². The highest BCUT2D eigenvalue weighted by Crippen LogP contribution is 2.48. The number of carbonyl (C=O) groups is 2. The summed E-state index contributed by atoms with van der Waals surface area (Å²) in [5.41, 5.74) is -1.58. The number of nitrogens with one attached hydrogen (secondary N) is 1. The van der Waals surface area contributed by atoms with Gasteiger partial charge in [0, 0.05) is 44.4 Å². The fraction of sp³-hybridized carbons (Fsp3) is 0.667. The van der Waals surface area contributed by atoms with Crippen LogP contribution in [-0.4, -0.2) is 82.8 Å². The van der Waals surface area contributed by atoms with E-state index in [0.29, 0.717) is 64.1 Å². The Morgan fingerprint density at radius 3 is 2.62 bits per heavy atom. The minimum atomic E-state index is -4.83. The highest BCUT2D eigenvalue weighted by Gasteiger charge is 2.50. The number of piperidine rings is 1. The van der Waals surface area contributed by atoms with Gasteiger partial charge in [0.15, 0.2) is 0 Å². The van der Waals surface area contributed by atoms with E-state index >= 15 is 0 Å². The number of amides is 2. The number of alkyl halides is 3. The normalized spacial score (nSPS) is 24.4. The van der Waals surface area contributed by atoms with Gasteiger partial charge >= 0.3 is 6.18 Å². The SMILES string of the molecule is CC1Cc2oc(C(=O)NC[C@@H]3COCCO3)c(C(F)(F)F)c2-c2nn(CC3CCN(C(=O)C4(O)CC4)CC3)cc21. The zero-order chi connectivity index (χ0) is 28.2. The Bertz CT molecular complexity index is 1290. The lowest BCUT2D eigenvalue weighted by atomic mass is 9.86. The third kappa shape index (κ3) is 5.14. The molecule has 2 aliphatic carbocycles. The minimum absolute atomic E-state index is 0.00147. The van der Waals surface area contributed by atoms with Crippen LogP contribution in [-0.2, 0) is 33.4 Å². The van der Waals surface area contributed by atoms with Crippen LogP contribution in [0.2, 0.25) is 0 Å². The first kappa shape index (κ1) is 27.3. The number of furan rings is 1. The number of carbonyl (C=O) groups excluding carboxylic acids is 2. The molecule has 2 aromatic rings. The molecule has 2 aromatic heterocycles. The van der Waals surface area contributed by atoms with Gasteiger partial charge in [-0.05, 0) is 37.5 Å². The van der Waals surface area contributed by atoms with Crippen molar-refractivity contribution in [1.29, 1.82) is 0 Å². The fourth-order valence-electron chi connectivity index (χ4n) is 5.93. The first-order valence-corrected chi connectivity index (χ1v) is 13.8. The van der Waals surface area contributed by atoms with E-state index in [1.807, 2.05) is 6.92 Å². The number of likely N-dealkylation sites (tertiary alicyclic amines) is 1. The number of rotatable bonds is 6. The molecule has 2 aliphatic heterocycles. The summed E-state index contributed by atoms with van der Waals surface area (Å²) in [7, 11) is 0. The fourth-order valence-corrected chi connectivity index (χ4v) is 5.93. The highest BCUT2D eigenvalue weighted by atomic mass is 19.4. The van der Waals surface area contributed by atoms with Gasteiger partial charge in [-0.2, -0.15) is 18.3 Å². The van der Waals surface area contributed by atoms with Crippen LogP contribution in [0.3, 0.4) is 0 Å². The molecule has 13 heteroatoms. The quantitative estimate of drug-likeness (QED) is 0.552. The van der Waals surface area contributed by atoms with Crippen molar-refractivity contribution < 1.29 is 41.8 Å². The number of ether oxygens (including phenoxy) is 2. The lowest BCUT2D eigenvalue weighted by Crippen LogP contribution is -2.45. The maximum absolute atomic E-state index is 14.4. The summed E-state index contributed by atoms with van der Waals surface area (Å²) in [5, 5.41) is 17.2. The first-order chi connectivity index (χ1) is 19.0. The second kappa shape index (κ2) is 10.2. The Morgan fingerprint density at radius 1 is 1.23 bits per heavy atom. The molecule has 1 saturated carbocycles. The number of aromatic nitrogens is 2. The van der Waals surface area contributed by atoms with E-state index < -0.39 is 35.1 Å². The number of aliphatic hydroxyl groups is 1. The summed E-state index contributed by atoms with van der Waals surface area (Å²) in [6.07, 6.45) is -0.825. The predicted octanol–water partition coefficient (Wildman–Crippen LogP) is 2.73. The summed E-state index contributed by atoms with van der Waals surface area (Å²) in [5.74, 6) is -1.79. The topological polar surface area (TPSA) is 119 Å². The number of fused-ring (bicyclic) bond motifs is 3. The van der Waals surface area contributed by atoms with Crippen molar-refractivity contribution in [2.24, 2.45) is 5.92 Å². The van der Waals surface area contributed by atoms with Crippen molar-refractivity contribution in [2.75, 3.05) is 39.5 Å². The van der Waals surface area contributed by atoms with Gasteiger partial charge < -0.3 is 29.2 Å². The first-order valence-electron chi connectivity index (χ1n) is 13.8. The zero-order valence-corrected chi connectivity index (χ0v) is 22.3. The van der Waals surface area contributed by atoms with Crippen molar-refractivity contribution in [1.82, 2.24) is 20.0 Å². The molecule has 4 aliphatic rings. The van der Waals surface area contributed by atoms with E-state index in [1.54, 1.807) is 15.8 Å². The molecule has 10 nitrogen and oxygen atoms in total. The molecule has 0 aromatic carbocycles. The molecule has 0 radical (unpaired) electrons. The Balaban J connectivity index is 1.21. The van der Waals surface area contributed by atoms with E-state index in [2.05, 4.69) is 10.4 Å². The second-order valence-electron chi connectivity index (χ2n) is 11.4. The molecule has 1 unspecified atom stereocenters. The number of hydrogen-bond donors (Lipinski definition) is 2. The zero-order valence-electron chi connectivity index (χ0n) is 22.3. The van der Waals surface area contributed by atoms with Crippen LogP contribution in [0.25, 0.3) is 11.3 Å². The number of halogens is 3. The van der Waals surface area contributed by atoms with Crippen molar-refractivity contribution >= 4 is 11.8 Å². The van der Waals surface area contributed by atoms with Gasteiger partial charge in [-0.3, -0.25) is 14.3 Å². The van der Waals surface area contributed by atoms with Gasteiger partial charge in [0.25, 0.3) is 11.8 Å². The van der Waals surface area contributed by atoms with Crippen LogP contribution in [0.4, 0.5) is 13.2 Å². The minimum Gasteiger partial charge on any atom is -0.455 e. The third-order valence-electron chi connectivity index (χ3n) is 8.36. The molecule has 3 fully saturated rings. The summed E-state index contributed by atoms with van der Waals surface area (Å²) < 4.78 is 61.3. The van der Waals surface area contributed by atoms with Gasteiger partial charge in [-0.15, -0.1) is 0 Å². The van der Waals surface area contributed by atoms with Crippen molar-refractivity contribution in [3.8, 4) is 11.3 Å². The summed E-state index contributed by atoms with van der Waals surface area (Å²) >= 11 is 0. The van der Waals surface area contributed by atoms with E-state index in [9.17, 15) is 27.9 Å². The van der Waals surface area contributed by atoms with Crippen LogP contribution in [0.15, 0.2) is 10.6 Å². The summed E-state index contributed by atoms with van der Waals surface area (Å²) in [6, 6.07) is 0. The molecular formula is C27H33F3N4O6. The largest absolute Gasteiger partial charge is 0.455 e. The van der Waals surface area contributed by atoms with Gasteiger partial charge in [0.05, 0.1) is 37.2 Å². The molecular weight excluding hydrogens is 533 g/mol. The molecule has 4 heterocycles. The van der Waals surface area contributed by atoms with Gasteiger partial charge in [0.2, 0.25) is 5.76 Å². The third-order valence-corrected chi connectivity index (χ3v) is 8.36. The van der Waals surface area contributed by atoms with Crippen LogP contribution in [0, 0.1) is 5.92 Å². The van der Waals surface area contributed by atoms with Crippen molar-refractivity contribution in [3.05, 3.63) is 28.8 Å². The van der Waals surface area contributed by atoms with Crippen LogP contribution >= 0.6 is 0 Å². The highest BCUT2D eigenvalue weighted by molar-refractivity contribution is 5.96. The Labute approximate surface area is 228 Å². The molecule has 2 atom stereocenters. The Hall–Kier alpha value is -2.90. The van der Waals surface area contributed by atoms with Gasteiger partial charge in [-0.1, -0.05) is 6.92 Å². The standard InChI is InChI=1S/C27H33F3N4O6/c1-15-10-19-20(21(27(28,29)30)23(40-19)24(35)31-11-17-14-38-8-9-39-17)22-18(15)13-34(32-22)12-16-2-6-33(7-3-16)25(36)26(37)4-5-26/h13,15-17,37H,2-12,14H2,1H3,(H,31,35)/t15?,17-/m1/s1. The second-order valence-corrected chi connectivity index (χ2v) is 11.4. The average molecular weight is 567 g/mol. The van der Waals surface area contributed by atoms with Crippen LogP contribution < -0.4 is 5.32 Å². The molecule has 2 N–H and O–H groups in total. The van der Waals surface area contributed by atoms with Crippen molar-refractivity contribution in [2.45, 2.75) is 69.4 Å². The average Bonchev–Trinajstić information content (AvgIpc) is 3.35. The lowest BCUT2D eigenvalue weighted by molar-refractivity contribution is -0.144. The molecule has 6 rings (SSSR count). The smallest absolute Gasteiger partial charge is 0.420 e. The molecule has 218 valence electrons. The van der Waals surface area contributed by atoms with E-state index in [-0.39, 0.29) is 54.3 Å². The Kier molecular flexibility index (Phi) is 6.94. The summed E-state index contributed by atoms with van der Waals surface area (Å²) in [6.45, 7) is 4.50. The van der Waals surface area contributed by atoms with E-state index in [4.69, 9.17) is 13.9 Å². The molecule has 2 saturated heterocycles.